The van der Waals surface area contributed by atoms with E-state index in [2.05, 4.69) is 16.9 Å². The average Bonchev–Trinajstić information content (AvgIpc) is 2.45. The lowest BCUT2D eigenvalue weighted by Gasteiger charge is -2.27. The van der Waals surface area contributed by atoms with Gasteiger partial charge in [-0.05, 0) is 12.2 Å². The number of rotatable bonds is 5. The minimum atomic E-state index is -0.980. The fourth-order valence-electron chi connectivity index (χ4n) is 1.73. The van der Waals surface area contributed by atoms with Crippen molar-refractivity contribution in [2.75, 3.05) is 37.0 Å². The lowest BCUT2D eigenvalue weighted by atomic mass is 10.3. The molecule has 1 aromatic heterocycles. The molecule has 0 bridgehead atoms. The predicted molar refractivity (Wildman–Crippen MR) is 73.0 cm³/mol. The molecule has 0 radical (unpaired) electrons. The average molecular weight is 283 g/mol. The van der Waals surface area contributed by atoms with Gasteiger partial charge in [-0.2, -0.15) is 0 Å². The van der Waals surface area contributed by atoms with E-state index in [0.717, 1.165) is 25.3 Å². The molecule has 6 nitrogen and oxygen atoms in total. The van der Waals surface area contributed by atoms with E-state index in [1.54, 1.807) is 0 Å². The molecule has 0 saturated carbocycles. The fraction of sp³-hybridized carbons (Fsp3) is 0.583. The van der Waals surface area contributed by atoms with Crippen LogP contribution in [0, 0.1) is 0 Å². The van der Waals surface area contributed by atoms with Gasteiger partial charge < -0.3 is 14.7 Å². The molecule has 1 N–H and O–H groups in total. The van der Waals surface area contributed by atoms with Crippen LogP contribution in [0.3, 0.4) is 0 Å². The van der Waals surface area contributed by atoms with Gasteiger partial charge in [-0.3, -0.25) is 0 Å². The highest BCUT2D eigenvalue weighted by molar-refractivity contribution is 7.99. The van der Waals surface area contributed by atoms with Gasteiger partial charge in [-0.1, -0.05) is 6.92 Å². The lowest BCUT2D eigenvalue weighted by molar-refractivity contribution is 0.0691. The molecule has 0 amide bonds. The number of carboxylic acids is 1. The van der Waals surface area contributed by atoms with Crippen LogP contribution in [0.2, 0.25) is 0 Å². The molecule has 0 atom stereocenters. The molecule has 0 aliphatic carbocycles. The van der Waals surface area contributed by atoms with E-state index < -0.39 is 5.97 Å². The molecule has 0 aromatic carbocycles. The van der Waals surface area contributed by atoms with Gasteiger partial charge in [0.2, 0.25) is 5.95 Å². The van der Waals surface area contributed by atoms with E-state index in [1.165, 1.54) is 18.0 Å². The van der Waals surface area contributed by atoms with E-state index in [9.17, 15) is 4.79 Å². The molecule has 2 rings (SSSR count). The predicted octanol–water partition coefficient (Wildman–Crippen LogP) is 1.51. The third kappa shape index (κ3) is 3.57. The number of hydrogen-bond acceptors (Lipinski definition) is 6. The number of carbonyl (C=O) groups is 1. The second kappa shape index (κ2) is 6.72. The van der Waals surface area contributed by atoms with E-state index in [0.29, 0.717) is 24.2 Å². The Hall–Kier alpha value is -1.34. The Labute approximate surface area is 116 Å². The third-order valence-corrected chi connectivity index (χ3v) is 3.91. The Bertz CT molecular complexity index is 450. The van der Waals surface area contributed by atoms with Gasteiger partial charge in [0.25, 0.3) is 0 Å². The zero-order valence-electron chi connectivity index (χ0n) is 10.8. The maximum Gasteiger partial charge on any atom is 0.340 e. The number of thioether (sulfide) groups is 1. The number of morpholine rings is 1. The maximum atomic E-state index is 11.1. The van der Waals surface area contributed by atoms with Gasteiger partial charge in [0, 0.05) is 19.3 Å². The minimum absolute atomic E-state index is 0.176. The summed E-state index contributed by atoms with van der Waals surface area (Å²) in [6.45, 7) is 4.84. The normalized spacial score (nSPS) is 15.5. The van der Waals surface area contributed by atoms with Crippen molar-refractivity contribution in [1.29, 1.82) is 0 Å². The van der Waals surface area contributed by atoms with Crippen molar-refractivity contribution < 1.29 is 14.6 Å². The van der Waals surface area contributed by atoms with E-state index in [1.807, 2.05) is 4.90 Å². The highest BCUT2D eigenvalue weighted by atomic mass is 32.2. The zero-order valence-corrected chi connectivity index (χ0v) is 11.7. The van der Waals surface area contributed by atoms with Gasteiger partial charge in [-0.25, -0.2) is 14.8 Å². The van der Waals surface area contributed by atoms with Crippen LogP contribution < -0.4 is 4.90 Å². The topological polar surface area (TPSA) is 75.5 Å². The number of nitrogens with zero attached hydrogens (tertiary/aromatic N) is 3. The molecule has 104 valence electrons. The molecular weight excluding hydrogens is 266 g/mol. The van der Waals surface area contributed by atoms with Crippen LogP contribution in [0.4, 0.5) is 5.95 Å². The number of hydrogen-bond donors (Lipinski definition) is 1. The molecule has 0 unspecified atom stereocenters. The maximum absolute atomic E-state index is 11.1. The smallest absolute Gasteiger partial charge is 0.340 e. The largest absolute Gasteiger partial charge is 0.478 e. The van der Waals surface area contributed by atoms with Crippen LogP contribution in [-0.4, -0.2) is 53.1 Å². The number of anilines is 1. The molecule has 1 aliphatic rings. The molecule has 19 heavy (non-hydrogen) atoms. The summed E-state index contributed by atoms with van der Waals surface area (Å²) >= 11 is 1.46. The second-order valence-corrected chi connectivity index (χ2v) is 5.23. The van der Waals surface area contributed by atoms with Crippen molar-refractivity contribution >= 4 is 23.7 Å². The highest BCUT2D eigenvalue weighted by Gasteiger charge is 2.18. The Balaban J connectivity index is 2.23. The standard InChI is InChI=1S/C12H17N3O3S/c1-2-7-19-10-9(11(16)17)8-13-12(14-10)15-3-5-18-6-4-15/h8H,2-7H2,1H3,(H,16,17). The number of aromatic carboxylic acids is 1. The summed E-state index contributed by atoms with van der Waals surface area (Å²) in [4.78, 5) is 21.7. The van der Waals surface area contributed by atoms with Crippen LogP contribution >= 0.6 is 11.8 Å². The van der Waals surface area contributed by atoms with E-state index >= 15 is 0 Å². The van der Waals surface area contributed by atoms with Crippen molar-refractivity contribution in [3.05, 3.63) is 11.8 Å². The van der Waals surface area contributed by atoms with Gasteiger partial charge in [0.15, 0.2) is 0 Å². The second-order valence-electron chi connectivity index (χ2n) is 4.14. The van der Waals surface area contributed by atoms with Crippen molar-refractivity contribution in [1.82, 2.24) is 9.97 Å². The summed E-state index contributed by atoms with van der Waals surface area (Å²) in [6.07, 6.45) is 2.37. The van der Waals surface area contributed by atoms with Crippen LogP contribution in [0.15, 0.2) is 11.2 Å². The molecule has 1 aliphatic heterocycles. The molecule has 1 saturated heterocycles. The van der Waals surface area contributed by atoms with Crippen molar-refractivity contribution in [2.24, 2.45) is 0 Å². The van der Waals surface area contributed by atoms with Crippen molar-refractivity contribution in [2.45, 2.75) is 18.4 Å². The summed E-state index contributed by atoms with van der Waals surface area (Å²) in [5, 5.41) is 9.69. The van der Waals surface area contributed by atoms with Crippen molar-refractivity contribution in [3.63, 3.8) is 0 Å². The molecule has 2 heterocycles. The lowest BCUT2D eigenvalue weighted by Crippen LogP contribution is -2.37. The summed E-state index contributed by atoms with van der Waals surface area (Å²) < 4.78 is 5.28. The highest BCUT2D eigenvalue weighted by Crippen LogP contribution is 2.23. The Morgan fingerprint density at radius 3 is 2.89 bits per heavy atom. The van der Waals surface area contributed by atoms with Gasteiger partial charge >= 0.3 is 5.97 Å². The van der Waals surface area contributed by atoms with Gasteiger partial charge in [0.05, 0.1) is 13.2 Å². The zero-order chi connectivity index (χ0) is 13.7. The summed E-state index contributed by atoms with van der Waals surface area (Å²) in [6, 6.07) is 0. The molecule has 7 heteroatoms. The van der Waals surface area contributed by atoms with E-state index in [4.69, 9.17) is 9.84 Å². The molecule has 0 spiro atoms. The first-order valence-electron chi connectivity index (χ1n) is 6.28. The first kappa shape index (κ1) is 14.1. The molecule has 1 fully saturated rings. The number of ether oxygens (including phenoxy) is 1. The van der Waals surface area contributed by atoms with Crippen LogP contribution in [0.1, 0.15) is 23.7 Å². The quantitative estimate of drug-likeness (QED) is 0.648. The number of aromatic nitrogens is 2. The molecule has 1 aromatic rings. The van der Waals surface area contributed by atoms with Crippen LogP contribution in [0.5, 0.6) is 0 Å². The Morgan fingerprint density at radius 2 is 2.26 bits per heavy atom. The summed E-state index contributed by atoms with van der Waals surface area (Å²) in [5.41, 5.74) is 0.176. The van der Waals surface area contributed by atoms with Crippen LogP contribution in [-0.2, 0) is 4.74 Å². The van der Waals surface area contributed by atoms with Gasteiger partial charge in [-0.15, -0.1) is 11.8 Å². The number of carboxylic acid groups (broad SMARTS) is 1. The summed E-state index contributed by atoms with van der Waals surface area (Å²) in [5.74, 6) is 0.457. The third-order valence-electron chi connectivity index (χ3n) is 2.71. The fourth-order valence-corrected chi connectivity index (χ4v) is 2.57. The monoisotopic (exact) mass is 283 g/mol. The summed E-state index contributed by atoms with van der Waals surface area (Å²) in [7, 11) is 0. The van der Waals surface area contributed by atoms with Crippen LogP contribution in [0.25, 0.3) is 0 Å². The van der Waals surface area contributed by atoms with Gasteiger partial charge in [0.1, 0.15) is 10.6 Å². The Kier molecular flexibility index (Phi) is 4.98. The SMILES string of the molecule is CCCSc1nc(N2CCOCC2)ncc1C(=O)O. The Morgan fingerprint density at radius 1 is 1.53 bits per heavy atom. The van der Waals surface area contributed by atoms with Crippen molar-refractivity contribution in [3.8, 4) is 0 Å². The molecular formula is C12H17N3O3S. The first-order valence-corrected chi connectivity index (χ1v) is 7.26. The van der Waals surface area contributed by atoms with E-state index in [-0.39, 0.29) is 5.56 Å². The first-order chi connectivity index (χ1) is 9.22. The minimum Gasteiger partial charge on any atom is -0.478 e.